The lowest BCUT2D eigenvalue weighted by Gasteiger charge is -2.11. The van der Waals surface area contributed by atoms with E-state index in [1.807, 2.05) is 34.6 Å². The maximum Gasteiger partial charge on any atom is 0.303 e. The van der Waals surface area contributed by atoms with Crippen LogP contribution in [0.2, 0.25) is 0 Å². The van der Waals surface area contributed by atoms with Crippen molar-refractivity contribution in [1.29, 1.82) is 0 Å². The standard InChI is InChI=1S/C13H10O3.C4H8O2.2C2H6/c14-11-7-3-1-5-9(11)13(16)10-6-2-4-8-12(10)15;1-2-3-4(5)6;2*1-2/h1-9,15H;2-3H2,1H3,(H,5,6);2*1-2H3. The van der Waals surface area contributed by atoms with Crippen molar-refractivity contribution in [2.45, 2.75) is 47.5 Å². The number of aliphatic carboxylic acids is 1. The monoisotopic (exact) mass is 362 g/mol. The van der Waals surface area contributed by atoms with Crippen LogP contribution >= 0.6 is 0 Å². The lowest BCUT2D eigenvalue weighted by molar-refractivity contribution is -0.137. The van der Waals surface area contributed by atoms with Crippen molar-refractivity contribution in [2.75, 3.05) is 0 Å². The van der Waals surface area contributed by atoms with Crippen LogP contribution in [-0.4, -0.2) is 27.7 Å². The van der Waals surface area contributed by atoms with Gasteiger partial charge in [0.15, 0.2) is 11.6 Å². The molecule has 1 atom stereocenters. The molecule has 0 saturated heterocycles. The number of phenolic OH excluding ortho intramolecular Hbond substituents is 1. The molecule has 1 aromatic carbocycles. The molecule has 0 amide bonds. The third-order valence-electron chi connectivity index (χ3n) is 2.90. The van der Waals surface area contributed by atoms with Gasteiger partial charge in [-0.25, -0.2) is 0 Å². The Morgan fingerprint density at radius 1 is 1.04 bits per heavy atom. The number of aromatic hydroxyl groups is 1. The number of ketones is 2. The first-order valence-corrected chi connectivity index (χ1v) is 8.90. The predicted molar refractivity (Wildman–Crippen MR) is 104 cm³/mol. The van der Waals surface area contributed by atoms with Crippen molar-refractivity contribution in [3.63, 3.8) is 0 Å². The van der Waals surface area contributed by atoms with Crippen LogP contribution in [0.5, 0.6) is 5.75 Å². The number of benzene rings is 1. The molecule has 0 aliphatic heterocycles. The van der Waals surface area contributed by atoms with Crippen LogP contribution in [0.25, 0.3) is 0 Å². The van der Waals surface area contributed by atoms with E-state index in [-0.39, 0.29) is 22.9 Å². The number of phenols is 1. The van der Waals surface area contributed by atoms with Gasteiger partial charge in [-0.1, -0.05) is 65.0 Å². The van der Waals surface area contributed by atoms with Gasteiger partial charge in [-0.3, -0.25) is 14.4 Å². The van der Waals surface area contributed by atoms with Crippen molar-refractivity contribution >= 4 is 17.5 Å². The van der Waals surface area contributed by atoms with Crippen molar-refractivity contribution in [3.8, 4) is 5.75 Å². The Bertz CT molecular complexity index is 615. The van der Waals surface area contributed by atoms with Crippen molar-refractivity contribution in [3.05, 3.63) is 54.1 Å². The largest absolute Gasteiger partial charge is 0.507 e. The predicted octanol–water partition coefficient (Wildman–Crippen LogP) is 4.81. The first-order valence-electron chi connectivity index (χ1n) is 8.90. The summed E-state index contributed by atoms with van der Waals surface area (Å²) in [5.41, 5.74) is 0.181. The van der Waals surface area contributed by atoms with Gasteiger partial charge in [0.1, 0.15) is 11.7 Å². The second kappa shape index (κ2) is 15.8. The Morgan fingerprint density at radius 3 is 2.04 bits per heavy atom. The Hall–Kier alpha value is -2.69. The van der Waals surface area contributed by atoms with Crippen molar-refractivity contribution < 1.29 is 24.6 Å². The van der Waals surface area contributed by atoms with Crippen molar-refractivity contribution in [1.82, 2.24) is 0 Å². The molecule has 0 spiro atoms. The van der Waals surface area contributed by atoms with Gasteiger partial charge in [-0.05, 0) is 24.6 Å². The zero-order valence-corrected chi connectivity index (χ0v) is 16.2. The molecule has 0 bridgehead atoms. The molecule has 0 saturated carbocycles. The number of allylic oxidation sites excluding steroid dienone is 4. The lowest BCUT2D eigenvalue weighted by atomic mass is 9.90. The van der Waals surface area contributed by atoms with Crippen LogP contribution in [-0.2, 0) is 9.59 Å². The molecule has 5 nitrogen and oxygen atoms in total. The third-order valence-corrected chi connectivity index (χ3v) is 2.90. The zero-order valence-electron chi connectivity index (χ0n) is 16.2. The molecule has 5 heteroatoms. The first-order chi connectivity index (χ1) is 12.5. The van der Waals surface area contributed by atoms with E-state index < -0.39 is 11.9 Å². The number of carbonyl (C=O) groups excluding carboxylic acids is 2. The van der Waals surface area contributed by atoms with E-state index in [0.29, 0.717) is 6.42 Å². The molecule has 1 aliphatic rings. The minimum Gasteiger partial charge on any atom is -0.507 e. The fourth-order valence-corrected chi connectivity index (χ4v) is 1.80. The highest BCUT2D eigenvalue weighted by molar-refractivity contribution is 6.16. The maximum atomic E-state index is 12.0. The van der Waals surface area contributed by atoms with E-state index in [4.69, 9.17) is 5.11 Å². The molecule has 0 radical (unpaired) electrons. The van der Waals surface area contributed by atoms with Crippen molar-refractivity contribution in [2.24, 2.45) is 5.92 Å². The Balaban J connectivity index is 0. The number of hydrogen-bond acceptors (Lipinski definition) is 4. The van der Waals surface area contributed by atoms with Crippen LogP contribution in [0, 0.1) is 5.92 Å². The summed E-state index contributed by atoms with van der Waals surface area (Å²) in [6.07, 6.45) is 7.18. The molecular formula is C21H30O5. The summed E-state index contributed by atoms with van der Waals surface area (Å²) < 4.78 is 0. The minimum absolute atomic E-state index is 0.0942. The highest BCUT2D eigenvalue weighted by Crippen LogP contribution is 2.22. The van der Waals surface area contributed by atoms with Gasteiger partial charge in [0.05, 0.1) is 5.56 Å². The summed E-state index contributed by atoms with van der Waals surface area (Å²) in [7, 11) is 0. The molecule has 2 rings (SSSR count). The number of rotatable bonds is 4. The first kappa shape index (κ1) is 25.5. The molecule has 1 unspecified atom stereocenters. The third kappa shape index (κ3) is 9.57. The summed E-state index contributed by atoms with van der Waals surface area (Å²) in [4.78, 5) is 33.0. The molecular weight excluding hydrogens is 332 g/mol. The molecule has 26 heavy (non-hydrogen) atoms. The number of hydrogen-bond donors (Lipinski definition) is 2. The Labute approximate surface area is 156 Å². The summed E-state index contributed by atoms with van der Waals surface area (Å²) in [6, 6.07) is 6.22. The number of carboxylic acids is 1. The quantitative estimate of drug-likeness (QED) is 0.592. The average Bonchev–Trinajstić information content (AvgIpc) is 2.66. The molecule has 144 valence electrons. The van der Waals surface area contributed by atoms with E-state index >= 15 is 0 Å². The summed E-state index contributed by atoms with van der Waals surface area (Å²) in [5.74, 6) is -2.24. The van der Waals surface area contributed by atoms with Gasteiger partial charge in [0, 0.05) is 6.42 Å². The zero-order chi connectivity index (χ0) is 20.5. The molecule has 2 N–H and O–H groups in total. The van der Waals surface area contributed by atoms with E-state index in [1.54, 1.807) is 24.3 Å². The Kier molecular flexibility index (Phi) is 15.5. The second-order valence-electron chi connectivity index (χ2n) is 4.65. The molecule has 1 aliphatic carbocycles. The van der Waals surface area contributed by atoms with Gasteiger partial charge in [0.25, 0.3) is 0 Å². The SMILES string of the molecule is CC.CC.CCCC(=O)O.O=C1C=CC=CC1C(=O)c1ccccc1O. The van der Waals surface area contributed by atoms with Gasteiger partial charge >= 0.3 is 5.97 Å². The molecule has 0 heterocycles. The van der Waals surface area contributed by atoms with Gasteiger partial charge < -0.3 is 10.2 Å². The highest BCUT2D eigenvalue weighted by atomic mass is 16.4. The van der Waals surface area contributed by atoms with E-state index in [9.17, 15) is 19.5 Å². The smallest absolute Gasteiger partial charge is 0.303 e. The van der Waals surface area contributed by atoms with E-state index in [2.05, 4.69) is 0 Å². The number of carboxylic acid groups (broad SMARTS) is 1. The number of Topliss-reactive ketones (excluding diaryl/α,β-unsaturated/α-hetero) is 1. The second-order valence-corrected chi connectivity index (χ2v) is 4.65. The fourth-order valence-electron chi connectivity index (χ4n) is 1.80. The topological polar surface area (TPSA) is 91.7 Å². The normalized spacial score (nSPS) is 13.9. The molecule has 1 aromatic rings. The Morgan fingerprint density at radius 2 is 1.62 bits per heavy atom. The summed E-state index contributed by atoms with van der Waals surface area (Å²) in [6.45, 7) is 9.84. The van der Waals surface area contributed by atoms with E-state index in [0.717, 1.165) is 6.42 Å². The van der Waals surface area contributed by atoms with Crippen LogP contribution in [0.1, 0.15) is 57.8 Å². The van der Waals surface area contributed by atoms with Gasteiger partial charge in [-0.2, -0.15) is 0 Å². The fraction of sp³-hybridized carbons (Fsp3) is 0.381. The van der Waals surface area contributed by atoms with E-state index in [1.165, 1.54) is 24.3 Å². The number of carbonyl (C=O) groups is 3. The van der Waals surface area contributed by atoms with Crippen LogP contribution < -0.4 is 0 Å². The van der Waals surface area contributed by atoms with Crippen LogP contribution in [0.4, 0.5) is 0 Å². The number of para-hydroxylation sites is 1. The minimum atomic E-state index is -0.807. The maximum absolute atomic E-state index is 12.0. The van der Waals surface area contributed by atoms with Gasteiger partial charge in [0.2, 0.25) is 0 Å². The molecule has 0 aromatic heterocycles. The summed E-state index contributed by atoms with van der Waals surface area (Å²) >= 11 is 0. The molecule has 0 fully saturated rings. The van der Waals surface area contributed by atoms with Crippen LogP contribution in [0.3, 0.4) is 0 Å². The summed E-state index contributed by atoms with van der Waals surface area (Å²) in [5, 5.41) is 17.4. The van der Waals surface area contributed by atoms with Crippen LogP contribution in [0.15, 0.2) is 48.6 Å². The lowest BCUT2D eigenvalue weighted by Crippen LogP contribution is -2.22. The van der Waals surface area contributed by atoms with Gasteiger partial charge in [-0.15, -0.1) is 0 Å². The average molecular weight is 362 g/mol. The highest BCUT2D eigenvalue weighted by Gasteiger charge is 2.25.